The molecule has 9 heteroatoms. The smallest absolute Gasteiger partial charge is 0.408 e. The third-order valence-electron chi connectivity index (χ3n) is 4.25. The van der Waals surface area contributed by atoms with Crippen LogP contribution in [-0.4, -0.2) is 46.4 Å². The number of carbonyl (C=O) groups excluding carboxylic acids is 2. The fraction of sp³-hybridized carbons (Fsp3) is 0.286. The summed E-state index contributed by atoms with van der Waals surface area (Å²) in [5, 5.41) is 23.7. The second-order valence-corrected chi connectivity index (χ2v) is 6.62. The summed E-state index contributed by atoms with van der Waals surface area (Å²) in [6.45, 7) is 1.21. The summed E-state index contributed by atoms with van der Waals surface area (Å²) in [6.07, 6.45) is -2.60. The van der Waals surface area contributed by atoms with Crippen molar-refractivity contribution >= 4 is 18.0 Å². The molecule has 160 valence electrons. The molecule has 0 aliphatic heterocycles. The number of hydrogen-bond acceptors (Lipinski definition) is 5. The van der Waals surface area contributed by atoms with Crippen LogP contribution in [0.15, 0.2) is 54.6 Å². The van der Waals surface area contributed by atoms with Crippen molar-refractivity contribution in [1.29, 1.82) is 0 Å². The lowest BCUT2D eigenvalue weighted by Crippen LogP contribution is -2.56. The van der Waals surface area contributed by atoms with Gasteiger partial charge < -0.3 is 25.6 Å². The van der Waals surface area contributed by atoms with Crippen LogP contribution in [0.2, 0.25) is 0 Å². The number of amides is 2. The van der Waals surface area contributed by atoms with Crippen molar-refractivity contribution in [3.05, 3.63) is 71.5 Å². The van der Waals surface area contributed by atoms with E-state index in [0.717, 1.165) is 5.56 Å². The fourth-order valence-electron chi connectivity index (χ4n) is 2.64. The molecule has 4 N–H and O–H groups in total. The van der Waals surface area contributed by atoms with E-state index >= 15 is 0 Å². The highest BCUT2D eigenvalue weighted by atomic mass is 19.1. The highest BCUT2D eigenvalue weighted by Crippen LogP contribution is 2.10. The molecular weight excluding hydrogens is 395 g/mol. The van der Waals surface area contributed by atoms with Gasteiger partial charge in [-0.05, 0) is 24.1 Å². The molecule has 3 atom stereocenters. The molecule has 0 saturated carbocycles. The highest BCUT2D eigenvalue weighted by Gasteiger charge is 2.30. The van der Waals surface area contributed by atoms with Crippen LogP contribution in [0.3, 0.4) is 0 Å². The molecule has 0 bridgehead atoms. The quantitative estimate of drug-likeness (QED) is 0.490. The summed E-state index contributed by atoms with van der Waals surface area (Å²) in [6, 6.07) is 11.5. The molecule has 0 unspecified atom stereocenters. The van der Waals surface area contributed by atoms with Gasteiger partial charge in [-0.2, -0.15) is 0 Å². The number of alkyl carbamates (subject to hydrolysis) is 1. The molecule has 2 amide bonds. The number of ether oxygens (including phenoxy) is 1. The molecule has 0 heterocycles. The fourth-order valence-corrected chi connectivity index (χ4v) is 2.64. The Hall–Kier alpha value is -3.46. The van der Waals surface area contributed by atoms with Crippen LogP contribution < -0.4 is 10.6 Å². The first-order valence-electron chi connectivity index (χ1n) is 9.19. The minimum Gasteiger partial charge on any atom is -0.480 e. The third-order valence-corrected chi connectivity index (χ3v) is 4.25. The Morgan fingerprint density at radius 2 is 1.67 bits per heavy atom. The first-order valence-corrected chi connectivity index (χ1v) is 9.19. The van der Waals surface area contributed by atoms with E-state index in [1.54, 1.807) is 36.4 Å². The van der Waals surface area contributed by atoms with Crippen molar-refractivity contribution in [3.8, 4) is 0 Å². The molecule has 0 aliphatic carbocycles. The minimum absolute atomic E-state index is 0.0497. The Morgan fingerprint density at radius 3 is 2.27 bits per heavy atom. The number of rotatable bonds is 9. The van der Waals surface area contributed by atoms with Crippen LogP contribution in [0, 0.1) is 5.82 Å². The van der Waals surface area contributed by atoms with Crippen LogP contribution in [0.1, 0.15) is 18.1 Å². The predicted octanol–water partition coefficient (Wildman–Crippen LogP) is 1.61. The van der Waals surface area contributed by atoms with E-state index in [4.69, 9.17) is 4.74 Å². The van der Waals surface area contributed by atoms with Crippen molar-refractivity contribution in [3.63, 3.8) is 0 Å². The van der Waals surface area contributed by atoms with Gasteiger partial charge in [0.05, 0.1) is 6.10 Å². The monoisotopic (exact) mass is 418 g/mol. The number of nitrogens with one attached hydrogen (secondary N) is 2. The zero-order valence-corrected chi connectivity index (χ0v) is 16.2. The Labute approximate surface area is 172 Å². The van der Waals surface area contributed by atoms with Gasteiger partial charge in [0.2, 0.25) is 5.91 Å². The maximum atomic E-state index is 13.8. The van der Waals surface area contributed by atoms with Crippen LogP contribution in [-0.2, 0) is 27.4 Å². The first kappa shape index (κ1) is 22.8. The lowest BCUT2D eigenvalue weighted by Gasteiger charge is -2.23. The lowest BCUT2D eigenvalue weighted by atomic mass is 10.0. The summed E-state index contributed by atoms with van der Waals surface area (Å²) in [5.41, 5.74) is 0.829. The Bertz CT molecular complexity index is 875. The maximum Gasteiger partial charge on any atom is 0.408 e. The van der Waals surface area contributed by atoms with Gasteiger partial charge in [0.1, 0.15) is 24.5 Å². The summed E-state index contributed by atoms with van der Waals surface area (Å²) >= 11 is 0. The summed E-state index contributed by atoms with van der Waals surface area (Å²) < 4.78 is 18.8. The summed E-state index contributed by atoms with van der Waals surface area (Å²) in [5.74, 6) is -2.93. The van der Waals surface area contributed by atoms with Gasteiger partial charge in [-0.1, -0.05) is 48.5 Å². The molecule has 8 nitrogen and oxygen atoms in total. The highest BCUT2D eigenvalue weighted by molar-refractivity contribution is 5.89. The maximum absolute atomic E-state index is 13.8. The normalized spacial score (nSPS) is 13.6. The van der Waals surface area contributed by atoms with E-state index in [-0.39, 0.29) is 18.6 Å². The van der Waals surface area contributed by atoms with Gasteiger partial charge in [-0.15, -0.1) is 0 Å². The molecule has 0 aromatic heterocycles. The average Bonchev–Trinajstić information content (AvgIpc) is 2.71. The number of aliphatic hydroxyl groups is 1. The molecule has 2 aromatic carbocycles. The van der Waals surface area contributed by atoms with E-state index < -0.39 is 42.0 Å². The van der Waals surface area contributed by atoms with Crippen LogP contribution >= 0.6 is 0 Å². The molecule has 0 saturated heterocycles. The Morgan fingerprint density at radius 1 is 1.03 bits per heavy atom. The molecule has 0 aliphatic rings. The molecule has 0 fully saturated rings. The number of aliphatic hydroxyl groups excluding tert-OH is 1. The van der Waals surface area contributed by atoms with Crippen molar-refractivity contribution in [1.82, 2.24) is 10.6 Å². The summed E-state index contributed by atoms with van der Waals surface area (Å²) in [4.78, 5) is 36.0. The zero-order valence-electron chi connectivity index (χ0n) is 16.2. The standard InChI is InChI=1S/C21H23FN2O6/c1-13(25)18(24-21(29)30-12-14-7-3-2-4-8-14)19(26)23-17(20(27)28)11-15-9-5-6-10-16(15)22/h2-10,13,17-18,25H,11-12H2,1H3,(H,23,26)(H,24,29)(H,27,28)/t13-,17+,18+/m1/s1. The molecule has 2 rings (SSSR count). The largest absolute Gasteiger partial charge is 0.480 e. The van der Waals surface area contributed by atoms with E-state index in [1.807, 2.05) is 0 Å². The van der Waals surface area contributed by atoms with Crippen LogP contribution in [0.25, 0.3) is 0 Å². The minimum atomic E-state index is -1.46. The second kappa shape index (κ2) is 10.9. The number of halogens is 1. The van der Waals surface area contributed by atoms with Gasteiger partial charge in [0.15, 0.2) is 0 Å². The number of aliphatic carboxylic acids is 1. The van der Waals surface area contributed by atoms with Gasteiger partial charge in [0, 0.05) is 6.42 Å². The third kappa shape index (κ3) is 6.85. The van der Waals surface area contributed by atoms with E-state index in [2.05, 4.69) is 10.6 Å². The van der Waals surface area contributed by atoms with Crippen molar-refractivity contribution in [2.45, 2.75) is 38.1 Å². The van der Waals surface area contributed by atoms with Crippen LogP contribution in [0.5, 0.6) is 0 Å². The average molecular weight is 418 g/mol. The number of hydrogen-bond donors (Lipinski definition) is 4. The number of benzene rings is 2. The van der Waals surface area contributed by atoms with Gasteiger partial charge in [-0.3, -0.25) is 4.79 Å². The molecule has 0 spiro atoms. The number of carboxylic acids is 1. The van der Waals surface area contributed by atoms with Crippen molar-refractivity contribution < 1.29 is 33.7 Å². The topological polar surface area (TPSA) is 125 Å². The van der Waals surface area contributed by atoms with E-state index in [9.17, 15) is 29.0 Å². The SMILES string of the molecule is C[C@@H](O)[C@H](NC(=O)OCc1ccccc1)C(=O)N[C@@H](Cc1ccccc1F)C(=O)O. The van der Waals surface area contributed by atoms with E-state index in [1.165, 1.54) is 25.1 Å². The Balaban J connectivity index is 1.99. The zero-order chi connectivity index (χ0) is 22.1. The van der Waals surface area contributed by atoms with Gasteiger partial charge in [0.25, 0.3) is 0 Å². The van der Waals surface area contributed by atoms with Crippen LogP contribution in [0.4, 0.5) is 9.18 Å². The van der Waals surface area contributed by atoms with Gasteiger partial charge >= 0.3 is 12.1 Å². The second-order valence-electron chi connectivity index (χ2n) is 6.62. The Kier molecular flexibility index (Phi) is 8.30. The number of carboxylic acid groups (broad SMARTS) is 1. The molecule has 30 heavy (non-hydrogen) atoms. The molecule has 2 aromatic rings. The predicted molar refractivity (Wildman–Crippen MR) is 105 cm³/mol. The first-order chi connectivity index (χ1) is 14.3. The van der Waals surface area contributed by atoms with E-state index in [0.29, 0.717) is 0 Å². The van der Waals surface area contributed by atoms with Crippen molar-refractivity contribution in [2.24, 2.45) is 0 Å². The van der Waals surface area contributed by atoms with Gasteiger partial charge in [-0.25, -0.2) is 14.0 Å². The molecule has 0 radical (unpaired) electrons. The van der Waals surface area contributed by atoms with Crippen molar-refractivity contribution in [2.75, 3.05) is 0 Å². The lowest BCUT2D eigenvalue weighted by molar-refractivity contribution is -0.142. The molecular formula is C21H23FN2O6. The summed E-state index contributed by atoms with van der Waals surface area (Å²) in [7, 11) is 0. The number of carbonyl (C=O) groups is 3.